The van der Waals surface area contributed by atoms with Crippen LogP contribution in [0.25, 0.3) is 0 Å². The molecule has 4 N–H and O–H groups in total. The third kappa shape index (κ3) is 3.91. The first-order valence-corrected chi connectivity index (χ1v) is 6.47. The van der Waals surface area contributed by atoms with Crippen molar-refractivity contribution in [2.24, 2.45) is 5.84 Å². The lowest BCUT2D eigenvalue weighted by Gasteiger charge is -2.10. The average Bonchev–Trinajstić information content (AvgIpc) is 2.45. The van der Waals surface area contributed by atoms with Crippen LogP contribution in [0.1, 0.15) is 18.3 Å². The monoisotopic (exact) mass is 273 g/mol. The van der Waals surface area contributed by atoms with Crippen LogP contribution in [0.2, 0.25) is 0 Å². The van der Waals surface area contributed by atoms with Gasteiger partial charge in [-0.05, 0) is 31.5 Å². The maximum absolute atomic E-state index is 5.42. The SMILES string of the molecule is CCOCc1nc(NN)cc(Nc2cccc(C)c2)n1. The van der Waals surface area contributed by atoms with Gasteiger partial charge in [-0.15, -0.1) is 0 Å². The Hall–Kier alpha value is -2.18. The second-order valence-corrected chi connectivity index (χ2v) is 4.33. The number of anilines is 3. The van der Waals surface area contributed by atoms with Gasteiger partial charge in [0.05, 0.1) is 0 Å². The molecule has 0 aliphatic rings. The normalized spacial score (nSPS) is 10.3. The number of aryl methyl sites for hydroxylation is 1. The number of rotatable bonds is 6. The molecule has 106 valence electrons. The Balaban J connectivity index is 2.21. The summed E-state index contributed by atoms with van der Waals surface area (Å²) in [6.07, 6.45) is 0. The summed E-state index contributed by atoms with van der Waals surface area (Å²) < 4.78 is 5.32. The number of benzene rings is 1. The third-order valence-electron chi connectivity index (χ3n) is 2.65. The van der Waals surface area contributed by atoms with Crippen molar-refractivity contribution < 1.29 is 4.74 Å². The molecule has 0 bridgehead atoms. The number of nitrogens with zero attached hydrogens (tertiary/aromatic N) is 2. The molecule has 0 fully saturated rings. The van der Waals surface area contributed by atoms with Crippen LogP contribution in [0.5, 0.6) is 0 Å². The van der Waals surface area contributed by atoms with Crippen LogP contribution in [-0.2, 0) is 11.3 Å². The van der Waals surface area contributed by atoms with Crippen molar-refractivity contribution >= 4 is 17.3 Å². The van der Waals surface area contributed by atoms with Crippen LogP contribution in [0, 0.1) is 6.92 Å². The van der Waals surface area contributed by atoms with E-state index in [9.17, 15) is 0 Å². The van der Waals surface area contributed by atoms with Gasteiger partial charge in [0.1, 0.15) is 18.2 Å². The van der Waals surface area contributed by atoms with Gasteiger partial charge in [0, 0.05) is 18.4 Å². The quantitative estimate of drug-likeness (QED) is 0.553. The van der Waals surface area contributed by atoms with Crippen LogP contribution >= 0.6 is 0 Å². The van der Waals surface area contributed by atoms with E-state index >= 15 is 0 Å². The topological polar surface area (TPSA) is 85.1 Å². The largest absolute Gasteiger partial charge is 0.374 e. The Morgan fingerprint density at radius 1 is 1.20 bits per heavy atom. The molecule has 1 heterocycles. The van der Waals surface area contributed by atoms with E-state index in [1.165, 1.54) is 5.56 Å². The van der Waals surface area contributed by atoms with Crippen molar-refractivity contribution in [2.75, 3.05) is 17.3 Å². The molecular formula is C14H19N5O. The van der Waals surface area contributed by atoms with Crippen molar-refractivity contribution in [1.82, 2.24) is 9.97 Å². The molecule has 0 atom stereocenters. The first-order chi connectivity index (χ1) is 9.71. The van der Waals surface area contributed by atoms with Gasteiger partial charge in [-0.3, -0.25) is 0 Å². The van der Waals surface area contributed by atoms with Gasteiger partial charge in [0.15, 0.2) is 5.82 Å². The fraction of sp³-hybridized carbons (Fsp3) is 0.286. The zero-order valence-electron chi connectivity index (χ0n) is 11.7. The van der Waals surface area contributed by atoms with Gasteiger partial charge in [-0.25, -0.2) is 15.8 Å². The molecule has 0 saturated heterocycles. The molecule has 0 saturated carbocycles. The van der Waals surface area contributed by atoms with Gasteiger partial charge in [-0.2, -0.15) is 0 Å². The van der Waals surface area contributed by atoms with E-state index in [0.717, 1.165) is 5.69 Å². The predicted molar refractivity (Wildman–Crippen MR) is 79.6 cm³/mol. The van der Waals surface area contributed by atoms with Crippen molar-refractivity contribution in [2.45, 2.75) is 20.5 Å². The summed E-state index contributed by atoms with van der Waals surface area (Å²) in [5.41, 5.74) is 4.68. The first-order valence-electron chi connectivity index (χ1n) is 6.47. The highest BCUT2D eigenvalue weighted by atomic mass is 16.5. The fourth-order valence-electron chi connectivity index (χ4n) is 1.76. The van der Waals surface area contributed by atoms with Gasteiger partial charge in [-0.1, -0.05) is 12.1 Å². The molecule has 0 unspecified atom stereocenters. The van der Waals surface area contributed by atoms with E-state index < -0.39 is 0 Å². The molecular weight excluding hydrogens is 254 g/mol. The van der Waals surface area contributed by atoms with Crippen molar-refractivity contribution in [3.8, 4) is 0 Å². The lowest BCUT2D eigenvalue weighted by Crippen LogP contribution is -2.12. The van der Waals surface area contributed by atoms with Crippen LogP contribution < -0.4 is 16.6 Å². The van der Waals surface area contributed by atoms with Gasteiger partial charge in [0.2, 0.25) is 0 Å². The number of hydrazine groups is 1. The summed E-state index contributed by atoms with van der Waals surface area (Å²) in [7, 11) is 0. The predicted octanol–water partition coefficient (Wildman–Crippen LogP) is 2.35. The number of nitrogens with one attached hydrogen (secondary N) is 2. The summed E-state index contributed by atoms with van der Waals surface area (Å²) in [4.78, 5) is 8.64. The summed E-state index contributed by atoms with van der Waals surface area (Å²) in [5.74, 6) is 7.23. The maximum Gasteiger partial charge on any atom is 0.158 e. The summed E-state index contributed by atoms with van der Waals surface area (Å²) in [6.45, 7) is 4.94. The van der Waals surface area contributed by atoms with E-state index in [1.54, 1.807) is 6.07 Å². The Morgan fingerprint density at radius 3 is 2.70 bits per heavy atom. The molecule has 0 aliphatic carbocycles. The van der Waals surface area contributed by atoms with Crippen LogP contribution in [-0.4, -0.2) is 16.6 Å². The molecule has 1 aromatic carbocycles. The van der Waals surface area contributed by atoms with E-state index in [1.807, 2.05) is 38.1 Å². The molecule has 1 aromatic heterocycles. The van der Waals surface area contributed by atoms with E-state index in [-0.39, 0.29) is 0 Å². The number of nitrogens with two attached hydrogens (primary N) is 1. The van der Waals surface area contributed by atoms with Gasteiger partial charge >= 0.3 is 0 Å². The smallest absolute Gasteiger partial charge is 0.158 e. The average molecular weight is 273 g/mol. The zero-order chi connectivity index (χ0) is 14.4. The fourth-order valence-corrected chi connectivity index (χ4v) is 1.76. The van der Waals surface area contributed by atoms with E-state index in [4.69, 9.17) is 10.6 Å². The molecule has 0 amide bonds. The highest BCUT2D eigenvalue weighted by Crippen LogP contribution is 2.18. The molecule has 6 nitrogen and oxygen atoms in total. The summed E-state index contributed by atoms with van der Waals surface area (Å²) >= 11 is 0. The van der Waals surface area contributed by atoms with Gasteiger partial charge in [0.25, 0.3) is 0 Å². The molecule has 0 spiro atoms. The lowest BCUT2D eigenvalue weighted by atomic mass is 10.2. The molecule has 0 radical (unpaired) electrons. The van der Waals surface area contributed by atoms with Crippen molar-refractivity contribution in [3.63, 3.8) is 0 Å². The second-order valence-electron chi connectivity index (χ2n) is 4.33. The van der Waals surface area contributed by atoms with Gasteiger partial charge < -0.3 is 15.5 Å². The Kier molecular flexibility index (Phi) is 4.86. The summed E-state index contributed by atoms with van der Waals surface area (Å²) in [5, 5.41) is 3.23. The Bertz CT molecular complexity index is 573. The molecule has 2 rings (SSSR count). The van der Waals surface area contributed by atoms with E-state index in [2.05, 4.69) is 20.7 Å². The summed E-state index contributed by atoms with van der Waals surface area (Å²) in [6, 6.07) is 9.80. The third-order valence-corrected chi connectivity index (χ3v) is 2.65. The Morgan fingerprint density at radius 2 is 2.00 bits per heavy atom. The highest BCUT2D eigenvalue weighted by Gasteiger charge is 2.05. The zero-order valence-corrected chi connectivity index (χ0v) is 11.7. The second kappa shape index (κ2) is 6.83. The number of hydrogen-bond acceptors (Lipinski definition) is 6. The minimum atomic E-state index is 0.356. The molecule has 2 aromatic rings. The molecule has 6 heteroatoms. The van der Waals surface area contributed by atoms with Crippen LogP contribution in [0.15, 0.2) is 30.3 Å². The first kappa shape index (κ1) is 14.2. The van der Waals surface area contributed by atoms with Crippen molar-refractivity contribution in [1.29, 1.82) is 0 Å². The number of nitrogen functional groups attached to an aromatic ring is 1. The number of aromatic nitrogens is 2. The van der Waals surface area contributed by atoms with Crippen LogP contribution in [0.3, 0.4) is 0 Å². The van der Waals surface area contributed by atoms with E-state index in [0.29, 0.717) is 30.7 Å². The lowest BCUT2D eigenvalue weighted by molar-refractivity contribution is 0.128. The standard InChI is InChI=1S/C14H19N5O/c1-3-20-9-14-17-12(8-13(18-14)19-15)16-11-6-4-5-10(2)7-11/h4-8H,3,9,15H2,1-2H3,(H2,16,17,18,19). The highest BCUT2D eigenvalue weighted by molar-refractivity contribution is 5.59. The minimum absolute atomic E-state index is 0.356. The maximum atomic E-state index is 5.42. The number of hydrogen-bond donors (Lipinski definition) is 3. The number of ether oxygens (including phenoxy) is 1. The minimum Gasteiger partial charge on any atom is -0.374 e. The Labute approximate surface area is 118 Å². The van der Waals surface area contributed by atoms with Crippen LogP contribution in [0.4, 0.5) is 17.3 Å². The molecule has 20 heavy (non-hydrogen) atoms. The molecule has 0 aliphatic heterocycles. The van der Waals surface area contributed by atoms with Crippen molar-refractivity contribution in [3.05, 3.63) is 41.7 Å².